The summed E-state index contributed by atoms with van der Waals surface area (Å²) in [6, 6.07) is 19.1. The van der Waals surface area contributed by atoms with Gasteiger partial charge in [0.25, 0.3) is 0 Å². The van der Waals surface area contributed by atoms with E-state index in [0.29, 0.717) is 22.5 Å². The largest absolute Gasteiger partial charge is 0.619 e. The summed E-state index contributed by atoms with van der Waals surface area (Å²) in [5.41, 5.74) is 3.86. The Bertz CT molecular complexity index is 1410. The van der Waals surface area contributed by atoms with Crippen molar-refractivity contribution in [3.63, 3.8) is 0 Å². The van der Waals surface area contributed by atoms with E-state index in [4.69, 9.17) is 0 Å². The summed E-state index contributed by atoms with van der Waals surface area (Å²) in [7, 11) is 0. The number of anilines is 1. The zero-order chi connectivity index (χ0) is 28.9. The van der Waals surface area contributed by atoms with Crippen LogP contribution in [0.5, 0.6) is 11.5 Å². The van der Waals surface area contributed by atoms with Crippen molar-refractivity contribution in [2.24, 2.45) is 0 Å². The van der Waals surface area contributed by atoms with Crippen molar-refractivity contribution in [3.05, 3.63) is 118 Å². The number of alkyl halides is 4. The van der Waals surface area contributed by atoms with Crippen molar-refractivity contribution in [2.75, 3.05) is 5.32 Å². The molecule has 1 N–H and O–H groups in total. The van der Waals surface area contributed by atoms with Crippen LogP contribution in [0, 0.1) is 12.1 Å². The highest BCUT2D eigenvalue weighted by Gasteiger charge is 2.23. The van der Waals surface area contributed by atoms with Crippen LogP contribution in [0.15, 0.2) is 85.3 Å². The van der Waals surface area contributed by atoms with Crippen molar-refractivity contribution in [2.45, 2.75) is 51.9 Å². The van der Waals surface area contributed by atoms with Crippen LogP contribution in [0.25, 0.3) is 0 Å². The van der Waals surface area contributed by atoms with Crippen LogP contribution in [-0.4, -0.2) is 18.2 Å². The molecule has 2 aromatic carbocycles. The lowest BCUT2D eigenvalue weighted by Crippen LogP contribution is -2.28. The maximum absolute atomic E-state index is 13.1. The van der Waals surface area contributed by atoms with E-state index in [2.05, 4.69) is 25.8 Å². The summed E-state index contributed by atoms with van der Waals surface area (Å²) >= 11 is 0. The fourth-order valence-electron chi connectivity index (χ4n) is 4.48. The second kappa shape index (κ2) is 12.2. The molecule has 210 valence electrons. The van der Waals surface area contributed by atoms with Crippen LogP contribution in [0.3, 0.4) is 0 Å². The zero-order valence-corrected chi connectivity index (χ0v) is 22.2. The van der Waals surface area contributed by atoms with Crippen LogP contribution in [-0.2, 0) is 12.0 Å². The number of nitrogens with zero attached hydrogens (tertiary/aromatic N) is 2. The van der Waals surface area contributed by atoms with Crippen LogP contribution >= 0.6 is 0 Å². The quantitative estimate of drug-likeness (QED) is 0.123. The van der Waals surface area contributed by atoms with Gasteiger partial charge in [-0.05, 0) is 67.6 Å². The zero-order valence-electron chi connectivity index (χ0n) is 22.2. The lowest BCUT2D eigenvalue weighted by molar-refractivity contribution is -0.605. The second-order valence-electron chi connectivity index (χ2n) is 9.88. The number of benzene rings is 2. The van der Waals surface area contributed by atoms with E-state index in [-0.39, 0.29) is 0 Å². The molecule has 4 rings (SSSR count). The Hall–Kier alpha value is -4.34. The van der Waals surface area contributed by atoms with Crippen molar-refractivity contribution in [1.82, 2.24) is 4.98 Å². The van der Waals surface area contributed by atoms with Gasteiger partial charge in [-0.3, -0.25) is 0 Å². The van der Waals surface area contributed by atoms with Gasteiger partial charge in [-0.25, -0.2) is 4.98 Å². The third-order valence-corrected chi connectivity index (χ3v) is 6.48. The average molecular weight is 556 g/mol. The van der Waals surface area contributed by atoms with E-state index in [1.165, 1.54) is 30.6 Å². The molecule has 0 aliphatic heterocycles. The van der Waals surface area contributed by atoms with Crippen LogP contribution in [0.4, 0.5) is 23.4 Å². The molecule has 1 atom stereocenters. The van der Waals surface area contributed by atoms with Crippen molar-refractivity contribution < 1.29 is 31.8 Å². The predicted octanol–water partition coefficient (Wildman–Crippen LogP) is 6.95. The SMILES string of the molecule is Cc1cccc(C(C)(C)Nc2ccc(C(Cc3cc[n+]([O-])cc3)c3ccc(OC(F)F)c(OC(F)F)c3)cn2)c1. The topological polar surface area (TPSA) is 70.3 Å². The Balaban J connectivity index is 1.67. The van der Waals surface area contributed by atoms with Gasteiger partial charge in [0, 0.05) is 24.2 Å². The first-order valence-electron chi connectivity index (χ1n) is 12.5. The number of aromatic nitrogens is 2. The number of halogens is 4. The van der Waals surface area contributed by atoms with Crippen molar-refractivity contribution >= 4 is 5.82 Å². The number of rotatable bonds is 11. The highest BCUT2D eigenvalue weighted by atomic mass is 19.3. The van der Waals surface area contributed by atoms with Crippen LogP contribution < -0.4 is 19.5 Å². The van der Waals surface area contributed by atoms with E-state index in [9.17, 15) is 22.8 Å². The maximum atomic E-state index is 13.1. The molecule has 0 fully saturated rings. The Morgan fingerprint density at radius 2 is 1.55 bits per heavy atom. The Morgan fingerprint density at radius 3 is 2.17 bits per heavy atom. The van der Waals surface area contributed by atoms with Gasteiger partial charge >= 0.3 is 13.2 Å². The van der Waals surface area contributed by atoms with E-state index < -0.39 is 36.2 Å². The molecule has 4 aromatic rings. The second-order valence-corrected chi connectivity index (χ2v) is 9.88. The molecule has 6 nitrogen and oxygen atoms in total. The number of nitrogens with one attached hydrogen (secondary N) is 1. The minimum absolute atomic E-state index is 0.368. The third kappa shape index (κ3) is 7.40. The normalized spacial score (nSPS) is 12.4. The Labute approximate surface area is 229 Å². The first-order chi connectivity index (χ1) is 19.0. The van der Waals surface area contributed by atoms with Gasteiger partial charge < -0.3 is 20.0 Å². The summed E-state index contributed by atoms with van der Waals surface area (Å²) in [5.74, 6) is -0.812. The molecule has 2 heterocycles. The summed E-state index contributed by atoms with van der Waals surface area (Å²) in [4.78, 5) is 4.60. The third-order valence-electron chi connectivity index (χ3n) is 6.48. The number of pyridine rings is 2. The number of hydrogen-bond donors (Lipinski definition) is 1. The number of aryl methyl sites for hydroxylation is 1. The molecule has 0 aliphatic rings. The van der Waals surface area contributed by atoms with Gasteiger partial charge in [0.05, 0.1) is 5.54 Å². The lowest BCUT2D eigenvalue weighted by Gasteiger charge is -2.28. The number of hydrogen-bond acceptors (Lipinski definition) is 5. The van der Waals surface area contributed by atoms with E-state index in [0.717, 1.165) is 22.3 Å². The van der Waals surface area contributed by atoms with E-state index >= 15 is 0 Å². The average Bonchev–Trinajstić information content (AvgIpc) is 2.89. The Kier molecular flexibility index (Phi) is 8.77. The molecule has 1 unspecified atom stereocenters. The monoisotopic (exact) mass is 555 g/mol. The molecule has 10 heteroatoms. The van der Waals surface area contributed by atoms with Gasteiger partial charge in [0.1, 0.15) is 5.82 Å². The molecule has 0 saturated heterocycles. The van der Waals surface area contributed by atoms with Gasteiger partial charge in [-0.2, -0.15) is 22.3 Å². The fraction of sp³-hybridized carbons (Fsp3) is 0.267. The molecule has 0 aliphatic carbocycles. The molecule has 0 saturated carbocycles. The minimum atomic E-state index is -3.24. The van der Waals surface area contributed by atoms with E-state index in [1.807, 2.05) is 51.1 Å². The predicted molar refractivity (Wildman–Crippen MR) is 143 cm³/mol. The van der Waals surface area contributed by atoms with Crippen molar-refractivity contribution in [1.29, 1.82) is 0 Å². The van der Waals surface area contributed by atoms with Crippen molar-refractivity contribution in [3.8, 4) is 11.5 Å². The summed E-state index contributed by atoms with van der Waals surface area (Å²) in [6.45, 7) is -0.325. The molecule has 0 amide bonds. The van der Waals surface area contributed by atoms with Gasteiger partial charge in [-0.15, -0.1) is 0 Å². The Morgan fingerprint density at radius 1 is 0.875 bits per heavy atom. The number of ether oxygens (including phenoxy) is 2. The smallest absolute Gasteiger partial charge is 0.387 e. The molecule has 2 aromatic heterocycles. The first-order valence-corrected chi connectivity index (χ1v) is 12.5. The highest BCUT2D eigenvalue weighted by Crippen LogP contribution is 2.37. The standard InChI is InChI=1S/C30H29F4N3O3/c1-19-5-4-6-23(15-19)30(2,3)36-27-10-8-22(18-35-27)24(16-20-11-13-37(38)14-12-20)21-7-9-25(39-28(31)32)26(17-21)40-29(33)34/h4-15,17-18,24,28-29H,16H2,1-3H3,(H,35,36). The maximum Gasteiger partial charge on any atom is 0.387 e. The molecule has 0 spiro atoms. The van der Waals surface area contributed by atoms with Gasteiger partial charge in [0.2, 0.25) is 0 Å². The minimum Gasteiger partial charge on any atom is -0.619 e. The molecule has 0 radical (unpaired) electrons. The van der Waals surface area contributed by atoms with Gasteiger partial charge in [-0.1, -0.05) is 42.0 Å². The van der Waals surface area contributed by atoms with E-state index in [1.54, 1.807) is 18.3 Å². The van der Waals surface area contributed by atoms with Crippen LogP contribution in [0.1, 0.15) is 47.6 Å². The molecule has 40 heavy (non-hydrogen) atoms. The summed E-state index contributed by atoms with van der Waals surface area (Å²) < 4.78 is 61.4. The van der Waals surface area contributed by atoms with Crippen LogP contribution in [0.2, 0.25) is 0 Å². The summed E-state index contributed by atoms with van der Waals surface area (Å²) in [6.07, 6.45) is 4.76. The summed E-state index contributed by atoms with van der Waals surface area (Å²) in [5, 5.41) is 15.0. The molecular formula is C30H29F4N3O3. The van der Waals surface area contributed by atoms with Gasteiger partial charge in [0.15, 0.2) is 23.9 Å². The first kappa shape index (κ1) is 28.7. The molecule has 0 bridgehead atoms. The molecular weight excluding hydrogens is 526 g/mol. The lowest BCUT2D eigenvalue weighted by atomic mass is 9.86. The highest BCUT2D eigenvalue weighted by molar-refractivity contribution is 5.48. The fourth-order valence-corrected chi connectivity index (χ4v) is 4.48.